The molecule has 6 nitrogen and oxygen atoms in total. The van der Waals surface area contributed by atoms with Gasteiger partial charge in [0.2, 0.25) is 11.8 Å². The standard InChI is InChI=1S/C19H25FN4O2/c1-3-23(13-17-21-14(2)22-26-17)19(25)18(24-11-5-4-6-12-24)15-7-9-16(20)10-8-15/h7-10,18H,3-6,11-13H2,1-2H3. The Balaban J connectivity index is 1.85. The molecular weight excluding hydrogens is 335 g/mol. The topological polar surface area (TPSA) is 62.5 Å². The molecule has 1 unspecified atom stereocenters. The van der Waals surface area contributed by atoms with Crippen molar-refractivity contribution in [3.8, 4) is 0 Å². The molecule has 2 aromatic rings. The van der Waals surface area contributed by atoms with Crippen LogP contribution in [0.25, 0.3) is 0 Å². The number of carbonyl (C=O) groups excluding carboxylic acids is 1. The Hall–Kier alpha value is -2.28. The fraction of sp³-hybridized carbons (Fsp3) is 0.526. The first-order chi connectivity index (χ1) is 12.6. The van der Waals surface area contributed by atoms with Crippen molar-refractivity contribution < 1.29 is 13.7 Å². The molecule has 0 spiro atoms. The number of aromatic nitrogens is 2. The lowest BCUT2D eigenvalue weighted by Gasteiger charge is -2.36. The van der Waals surface area contributed by atoms with Gasteiger partial charge in [-0.1, -0.05) is 23.7 Å². The fourth-order valence-corrected chi connectivity index (χ4v) is 3.42. The molecule has 1 saturated heterocycles. The van der Waals surface area contributed by atoms with E-state index in [0.29, 0.717) is 18.3 Å². The summed E-state index contributed by atoms with van der Waals surface area (Å²) in [7, 11) is 0. The minimum atomic E-state index is -0.417. The second-order valence-corrected chi connectivity index (χ2v) is 6.64. The molecule has 1 aliphatic heterocycles. The van der Waals surface area contributed by atoms with Crippen molar-refractivity contribution in [2.24, 2.45) is 0 Å². The van der Waals surface area contributed by atoms with Crippen molar-refractivity contribution in [2.75, 3.05) is 19.6 Å². The van der Waals surface area contributed by atoms with Gasteiger partial charge in [-0.2, -0.15) is 4.98 Å². The summed E-state index contributed by atoms with van der Waals surface area (Å²) in [6.45, 7) is 6.22. The van der Waals surface area contributed by atoms with E-state index in [2.05, 4.69) is 15.0 Å². The predicted molar refractivity (Wildman–Crippen MR) is 94.7 cm³/mol. The van der Waals surface area contributed by atoms with Crippen molar-refractivity contribution in [1.82, 2.24) is 19.9 Å². The lowest BCUT2D eigenvalue weighted by atomic mass is 10.00. The molecule has 0 aliphatic carbocycles. The summed E-state index contributed by atoms with van der Waals surface area (Å²) in [5.41, 5.74) is 0.818. The van der Waals surface area contributed by atoms with E-state index in [9.17, 15) is 9.18 Å². The molecule has 140 valence electrons. The number of carbonyl (C=O) groups is 1. The Morgan fingerprint density at radius 1 is 1.27 bits per heavy atom. The van der Waals surface area contributed by atoms with Crippen LogP contribution in [0.1, 0.15) is 49.5 Å². The number of hydrogen-bond acceptors (Lipinski definition) is 5. The number of piperidine rings is 1. The summed E-state index contributed by atoms with van der Waals surface area (Å²) >= 11 is 0. The summed E-state index contributed by atoms with van der Waals surface area (Å²) in [5, 5.41) is 3.79. The highest BCUT2D eigenvalue weighted by molar-refractivity contribution is 5.83. The van der Waals surface area contributed by atoms with E-state index in [4.69, 9.17) is 4.52 Å². The van der Waals surface area contributed by atoms with Gasteiger partial charge in [0.05, 0.1) is 0 Å². The van der Waals surface area contributed by atoms with Gasteiger partial charge in [-0.05, 0) is 57.5 Å². The van der Waals surface area contributed by atoms with E-state index in [1.165, 1.54) is 18.6 Å². The highest BCUT2D eigenvalue weighted by atomic mass is 19.1. The highest BCUT2D eigenvalue weighted by Crippen LogP contribution is 2.27. The zero-order valence-corrected chi connectivity index (χ0v) is 15.3. The number of likely N-dealkylation sites (N-methyl/N-ethyl adjacent to an activating group) is 1. The molecule has 1 fully saturated rings. The number of likely N-dealkylation sites (tertiary alicyclic amines) is 1. The maximum atomic E-state index is 13.4. The third kappa shape index (κ3) is 4.27. The van der Waals surface area contributed by atoms with E-state index >= 15 is 0 Å². The van der Waals surface area contributed by atoms with E-state index in [1.54, 1.807) is 24.0 Å². The summed E-state index contributed by atoms with van der Waals surface area (Å²) in [4.78, 5) is 21.5. The van der Waals surface area contributed by atoms with Gasteiger partial charge >= 0.3 is 0 Å². The fourth-order valence-electron chi connectivity index (χ4n) is 3.42. The van der Waals surface area contributed by atoms with Crippen molar-refractivity contribution >= 4 is 5.91 Å². The number of nitrogens with zero attached hydrogens (tertiary/aromatic N) is 4. The highest BCUT2D eigenvalue weighted by Gasteiger charge is 2.32. The molecule has 3 rings (SSSR count). The van der Waals surface area contributed by atoms with Gasteiger partial charge in [0, 0.05) is 6.54 Å². The molecule has 1 atom stereocenters. The Morgan fingerprint density at radius 2 is 1.96 bits per heavy atom. The normalized spacial score (nSPS) is 16.4. The second kappa shape index (κ2) is 8.40. The van der Waals surface area contributed by atoms with Crippen LogP contribution in [-0.2, 0) is 11.3 Å². The Labute approximate surface area is 153 Å². The first kappa shape index (κ1) is 18.5. The van der Waals surface area contributed by atoms with Crippen molar-refractivity contribution in [3.63, 3.8) is 0 Å². The Kier molecular flexibility index (Phi) is 5.98. The molecule has 0 radical (unpaired) electrons. The van der Waals surface area contributed by atoms with Gasteiger partial charge in [0.25, 0.3) is 0 Å². The average Bonchev–Trinajstić information content (AvgIpc) is 3.07. The monoisotopic (exact) mass is 360 g/mol. The van der Waals surface area contributed by atoms with Gasteiger partial charge < -0.3 is 9.42 Å². The summed E-state index contributed by atoms with van der Waals surface area (Å²) in [6, 6.07) is 5.82. The van der Waals surface area contributed by atoms with Crippen LogP contribution < -0.4 is 0 Å². The molecule has 2 heterocycles. The van der Waals surface area contributed by atoms with E-state index < -0.39 is 6.04 Å². The van der Waals surface area contributed by atoms with Gasteiger partial charge in [-0.25, -0.2) is 4.39 Å². The van der Waals surface area contributed by atoms with Crippen LogP contribution in [-0.4, -0.2) is 45.5 Å². The van der Waals surface area contributed by atoms with Crippen LogP contribution in [0.2, 0.25) is 0 Å². The molecule has 1 aromatic heterocycles. The first-order valence-corrected chi connectivity index (χ1v) is 9.16. The molecule has 0 saturated carbocycles. The van der Waals surface area contributed by atoms with Crippen LogP contribution in [0.5, 0.6) is 0 Å². The van der Waals surface area contributed by atoms with Gasteiger partial charge in [-0.3, -0.25) is 9.69 Å². The molecule has 1 aliphatic rings. The third-order valence-electron chi connectivity index (χ3n) is 4.76. The van der Waals surface area contributed by atoms with Gasteiger partial charge in [0.15, 0.2) is 5.82 Å². The molecule has 1 amide bonds. The van der Waals surface area contributed by atoms with Crippen molar-refractivity contribution in [2.45, 2.75) is 45.7 Å². The van der Waals surface area contributed by atoms with E-state index in [-0.39, 0.29) is 18.3 Å². The lowest BCUT2D eigenvalue weighted by molar-refractivity contribution is -0.138. The second-order valence-electron chi connectivity index (χ2n) is 6.64. The molecule has 26 heavy (non-hydrogen) atoms. The lowest BCUT2D eigenvalue weighted by Crippen LogP contribution is -2.44. The van der Waals surface area contributed by atoms with E-state index in [0.717, 1.165) is 31.5 Å². The summed E-state index contributed by atoms with van der Waals surface area (Å²) in [6.07, 6.45) is 3.32. The maximum absolute atomic E-state index is 13.4. The Morgan fingerprint density at radius 3 is 2.54 bits per heavy atom. The molecule has 0 bridgehead atoms. The van der Waals surface area contributed by atoms with Crippen molar-refractivity contribution in [3.05, 3.63) is 47.4 Å². The molecule has 1 aromatic carbocycles. The third-order valence-corrected chi connectivity index (χ3v) is 4.76. The summed E-state index contributed by atoms with van der Waals surface area (Å²) < 4.78 is 18.5. The zero-order valence-electron chi connectivity index (χ0n) is 15.3. The minimum absolute atomic E-state index is 0.0168. The molecular formula is C19H25FN4O2. The smallest absolute Gasteiger partial charge is 0.246 e. The predicted octanol–water partition coefficient (Wildman–Crippen LogP) is 3.09. The average molecular weight is 360 g/mol. The maximum Gasteiger partial charge on any atom is 0.246 e. The zero-order chi connectivity index (χ0) is 18.5. The van der Waals surface area contributed by atoms with Crippen LogP contribution in [0.3, 0.4) is 0 Å². The van der Waals surface area contributed by atoms with Crippen LogP contribution in [0.4, 0.5) is 4.39 Å². The van der Waals surface area contributed by atoms with Crippen LogP contribution in [0, 0.1) is 12.7 Å². The SMILES string of the molecule is CCN(Cc1nc(C)no1)C(=O)C(c1ccc(F)cc1)N1CCCCC1. The summed E-state index contributed by atoms with van der Waals surface area (Å²) in [5.74, 6) is 0.660. The number of halogens is 1. The van der Waals surface area contributed by atoms with Gasteiger partial charge in [0.1, 0.15) is 18.4 Å². The number of rotatable bonds is 6. The quantitative estimate of drug-likeness (QED) is 0.792. The van der Waals surface area contributed by atoms with Crippen molar-refractivity contribution in [1.29, 1.82) is 0 Å². The molecule has 7 heteroatoms. The minimum Gasteiger partial charge on any atom is -0.337 e. The Bertz CT molecular complexity index is 725. The largest absolute Gasteiger partial charge is 0.337 e. The first-order valence-electron chi connectivity index (χ1n) is 9.16. The number of benzene rings is 1. The van der Waals surface area contributed by atoms with Crippen LogP contribution in [0.15, 0.2) is 28.8 Å². The number of aryl methyl sites for hydroxylation is 1. The number of hydrogen-bond donors (Lipinski definition) is 0. The number of amides is 1. The molecule has 0 N–H and O–H groups in total. The van der Waals surface area contributed by atoms with Gasteiger partial charge in [-0.15, -0.1) is 0 Å². The van der Waals surface area contributed by atoms with E-state index in [1.807, 2.05) is 6.92 Å². The van der Waals surface area contributed by atoms with Crippen LogP contribution >= 0.6 is 0 Å².